The van der Waals surface area contributed by atoms with E-state index in [2.05, 4.69) is 0 Å². The smallest absolute Gasteiger partial charge is 0.405 e. The van der Waals surface area contributed by atoms with Crippen LogP contribution in [-0.2, 0) is 4.57 Å². The molecule has 0 amide bonds. The van der Waals surface area contributed by atoms with Crippen LogP contribution in [0.1, 0.15) is 16.7 Å². The van der Waals surface area contributed by atoms with Gasteiger partial charge in [-0.2, -0.15) is 0 Å². The highest BCUT2D eigenvalue weighted by atomic mass is 35.5. The summed E-state index contributed by atoms with van der Waals surface area (Å²) < 4.78 is 25.7. The molecule has 11 heteroatoms. The minimum Gasteiger partial charge on any atom is -0.405 e. The van der Waals surface area contributed by atoms with E-state index >= 15 is 0 Å². The molecule has 0 heterocycles. The molecule has 0 radical (unpaired) electrons. The molecular weight excluding hydrogens is 576 g/mol. The zero-order valence-electron chi connectivity index (χ0n) is 16.8. The standard InChI is InChI=1S/C21H15Cl6O3PS/c1-10-4-13(22)19(14(23)5-10)29-31(28,30-20-15(24)6-11(2)7-16(20)25)32-21-17(26)8-12(3)9-18(21)27/h4-9H,1-3H3. The topological polar surface area (TPSA) is 35.5 Å². The molecule has 0 bridgehead atoms. The van der Waals surface area contributed by atoms with Gasteiger partial charge in [0.05, 0.1) is 35.0 Å². The normalized spacial score (nSPS) is 11.5. The molecule has 0 aliphatic rings. The Morgan fingerprint density at radius 1 is 0.594 bits per heavy atom. The number of hydrogen-bond donors (Lipinski definition) is 0. The molecule has 0 saturated heterocycles. The maximum Gasteiger partial charge on any atom is 0.497 e. The summed E-state index contributed by atoms with van der Waals surface area (Å²) in [5, 5.41) is 1.16. The Morgan fingerprint density at radius 3 is 1.19 bits per heavy atom. The summed E-state index contributed by atoms with van der Waals surface area (Å²) in [6.07, 6.45) is 0. The van der Waals surface area contributed by atoms with Crippen molar-refractivity contribution in [2.75, 3.05) is 0 Å². The lowest BCUT2D eigenvalue weighted by molar-refractivity contribution is 0.408. The summed E-state index contributed by atoms with van der Waals surface area (Å²) in [5.74, 6) is -0.0399. The second kappa shape index (κ2) is 10.5. The van der Waals surface area contributed by atoms with Crippen molar-refractivity contribution < 1.29 is 13.6 Å². The monoisotopic (exact) mass is 588 g/mol. The molecule has 32 heavy (non-hydrogen) atoms. The van der Waals surface area contributed by atoms with Gasteiger partial charge in [0, 0.05) is 11.4 Å². The first-order valence-electron chi connectivity index (χ1n) is 8.94. The molecule has 0 saturated carbocycles. The number of benzene rings is 3. The fraction of sp³-hybridized carbons (Fsp3) is 0.143. The Kier molecular flexibility index (Phi) is 8.56. The van der Waals surface area contributed by atoms with E-state index in [1.807, 2.05) is 20.8 Å². The average molecular weight is 591 g/mol. The minimum absolute atomic E-state index is 0.0199. The second-order valence-corrected chi connectivity index (χ2v) is 13.1. The van der Waals surface area contributed by atoms with E-state index in [1.54, 1.807) is 36.4 Å². The van der Waals surface area contributed by atoms with Crippen LogP contribution < -0.4 is 9.05 Å². The van der Waals surface area contributed by atoms with Gasteiger partial charge in [-0.25, -0.2) is 4.57 Å². The number of halogens is 6. The molecule has 0 fully saturated rings. The molecule has 0 N–H and O–H groups in total. The summed E-state index contributed by atoms with van der Waals surface area (Å²) in [5.41, 5.74) is 2.42. The maximum absolute atomic E-state index is 14.1. The number of hydrogen-bond acceptors (Lipinski definition) is 4. The van der Waals surface area contributed by atoms with Crippen molar-refractivity contribution in [3.05, 3.63) is 83.2 Å². The van der Waals surface area contributed by atoms with Crippen LogP contribution in [0.3, 0.4) is 0 Å². The number of aryl methyl sites for hydroxylation is 3. The summed E-state index contributed by atoms with van der Waals surface area (Å²) in [6, 6.07) is 9.84. The Bertz CT molecular complexity index is 1030. The fourth-order valence-electron chi connectivity index (χ4n) is 2.71. The van der Waals surface area contributed by atoms with Crippen LogP contribution in [0.25, 0.3) is 0 Å². The summed E-state index contributed by atoms with van der Waals surface area (Å²) >= 11 is 38.7. The SMILES string of the molecule is Cc1cc(Cl)c(OP(=O)(Oc2c(Cl)cc(C)cc2Cl)Sc2c(Cl)cc(C)cc2Cl)c(Cl)c1. The summed E-state index contributed by atoms with van der Waals surface area (Å²) in [7, 11) is 0. The van der Waals surface area contributed by atoms with Crippen molar-refractivity contribution in [2.45, 2.75) is 25.7 Å². The number of rotatable bonds is 6. The molecule has 0 atom stereocenters. The molecule has 3 rings (SSSR count). The van der Waals surface area contributed by atoms with Gasteiger partial charge in [0.1, 0.15) is 0 Å². The second-order valence-electron chi connectivity index (χ2n) is 6.89. The lowest BCUT2D eigenvalue weighted by Gasteiger charge is -2.22. The zero-order valence-corrected chi connectivity index (χ0v) is 23.1. The van der Waals surface area contributed by atoms with E-state index in [0.29, 0.717) is 16.3 Å². The molecule has 3 aromatic carbocycles. The van der Waals surface area contributed by atoms with E-state index in [0.717, 1.165) is 16.7 Å². The van der Waals surface area contributed by atoms with Gasteiger partial charge in [0.2, 0.25) is 0 Å². The predicted octanol–water partition coefficient (Wildman–Crippen LogP) is 10.9. The average Bonchev–Trinajstić information content (AvgIpc) is 2.64. The Balaban J connectivity index is 2.12. The van der Waals surface area contributed by atoms with E-state index in [1.165, 1.54) is 0 Å². The lowest BCUT2D eigenvalue weighted by atomic mass is 10.2. The third-order valence-corrected chi connectivity index (χ3v) is 9.30. The van der Waals surface area contributed by atoms with Gasteiger partial charge in [-0.15, -0.1) is 0 Å². The van der Waals surface area contributed by atoms with Crippen LogP contribution in [0.4, 0.5) is 0 Å². The summed E-state index contributed by atoms with van der Waals surface area (Å²) in [6.45, 7) is 1.27. The van der Waals surface area contributed by atoms with E-state index in [9.17, 15) is 4.57 Å². The highest BCUT2D eigenvalue weighted by Gasteiger charge is 2.36. The van der Waals surface area contributed by atoms with E-state index in [-0.39, 0.29) is 41.6 Å². The van der Waals surface area contributed by atoms with Crippen LogP contribution in [0.2, 0.25) is 30.1 Å². The van der Waals surface area contributed by atoms with Gasteiger partial charge >= 0.3 is 6.80 Å². The third-order valence-electron chi connectivity index (χ3n) is 4.04. The van der Waals surface area contributed by atoms with E-state index in [4.69, 9.17) is 78.7 Å². The highest BCUT2D eigenvalue weighted by Crippen LogP contribution is 2.66. The first-order valence-corrected chi connectivity index (χ1v) is 14.2. The zero-order chi connectivity index (χ0) is 23.8. The van der Waals surface area contributed by atoms with Crippen molar-refractivity contribution in [3.8, 4) is 11.5 Å². The van der Waals surface area contributed by atoms with Gasteiger partial charge in [0.25, 0.3) is 0 Å². The molecule has 0 aliphatic heterocycles. The van der Waals surface area contributed by atoms with Gasteiger partial charge in [-0.05, 0) is 73.9 Å². The maximum atomic E-state index is 14.1. The Hall–Kier alpha value is -0.420. The molecular formula is C21H15Cl6O3PS. The van der Waals surface area contributed by atoms with Gasteiger partial charge in [-0.3, -0.25) is 0 Å². The van der Waals surface area contributed by atoms with Crippen LogP contribution in [-0.4, -0.2) is 0 Å². The van der Waals surface area contributed by atoms with Crippen molar-refractivity contribution in [2.24, 2.45) is 0 Å². The van der Waals surface area contributed by atoms with Crippen LogP contribution in [0.5, 0.6) is 11.5 Å². The highest BCUT2D eigenvalue weighted by molar-refractivity contribution is 8.55. The predicted molar refractivity (Wildman–Crippen MR) is 138 cm³/mol. The molecule has 0 spiro atoms. The van der Waals surface area contributed by atoms with Gasteiger partial charge in [-0.1, -0.05) is 69.6 Å². The van der Waals surface area contributed by atoms with Gasteiger partial charge in [0.15, 0.2) is 11.5 Å². The first kappa shape index (κ1) is 26.2. The van der Waals surface area contributed by atoms with Crippen LogP contribution in [0.15, 0.2) is 41.3 Å². The molecule has 3 nitrogen and oxygen atoms in total. The largest absolute Gasteiger partial charge is 0.497 e. The summed E-state index contributed by atoms with van der Waals surface area (Å²) in [4.78, 5) is 0.293. The molecule has 0 aromatic heterocycles. The Labute approximate surface area is 220 Å². The van der Waals surface area contributed by atoms with Crippen molar-refractivity contribution in [1.82, 2.24) is 0 Å². The third kappa shape index (κ3) is 6.17. The molecule has 0 unspecified atom stereocenters. The lowest BCUT2D eigenvalue weighted by Crippen LogP contribution is -2.01. The van der Waals surface area contributed by atoms with Crippen molar-refractivity contribution >= 4 is 87.8 Å². The quantitative estimate of drug-likeness (QED) is 0.267. The van der Waals surface area contributed by atoms with E-state index < -0.39 is 6.80 Å². The fourth-order valence-corrected chi connectivity index (χ4v) is 8.83. The van der Waals surface area contributed by atoms with Crippen LogP contribution in [0, 0.1) is 20.8 Å². The van der Waals surface area contributed by atoms with Gasteiger partial charge < -0.3 is 9.05 Å². The first-order chi connectivity index (χ1) is 14.9. The molecule has 3 aromatic rings. The van der Waals surface area contributed by atoms with Crippen molar-refractivity contribution in [3.63, 3.8) is 0 Å². The minimum atomic E-state index is -4.18. The van der Waals surface area contributed by atoms with Crippen molar-refractivity contribution in [1.29, 1.82) is 0 Å². The molecule has 170 valence electrons. The Morgan fingerprint density at radius 2 is 0.875 bits per heavy atom. The van der Waals surface area contributed by atoms with Crippen LogP contribution >= 0.6 is 87.8 Å². The molecule has 0 aliphatic carbocycles.